The molecule has 12 heavy (non-hydrogen) atoms. The number of aryl methyl sites for hydroxylation is 2. The van der Waals surface area contributed by atoms with Gasteiger partial charge in [-0.1, -0.05) is 34.1 Å². The van der Waals surface area contributed by atoms with E-state index >= 15 is 0 Å². The number of rotatable bonds is 1. The standard InChI is InChI=1S/C11H13Br/c1-7-3-4-9(5-8(7)2)10-6-11(10)12/h3-5,10-11H,6H2,1-2H3. The summed E-state index contributed by atoms with van der Waals surface area (Å²) >= 11 is 3.63. The fourth-order valence-corrected chi connectivity index (χ4v) is 2.21. The largest absolute Gasteiger partial charge is 0.0884 e. The monoisotopic (exact) mass is 224 g/mol. The lowest BCUT2D eigenvalue weighted by molar-refractivity contribution is 1.12. The molecule has 0 nitrogen and oxygen atoms in total. The summed E-state index contributed by atoms with van der Waals surface area (Å²) in [5.74, 6) is 0.782. The van der Waals surface area contributed by atoms with Crippen molar-refractivity contribution in [2.75, 3.05) is 0 Å². The smallest absolute Gasteiger partial charge is 0.0221 e. The van der Waals surface area contributed by atoms with E-state index in [1.807, 2.05) is 0 Å². The van der Waals surface area contributed by atoms with Crippen LogP contribution in [0.15, 0.2) is 18.2 Å². The van der Waals surface area contributed by atoms with Crippen LogP contribution < -0.4 is 0 Å². The molecular formula is C11H13Br. The van der Waals surface area contributed by atoms with E-state index in [-0.39, 0.29) is 0 Å². The summed E-state index contributed by atoms with van der Waals surface area (Å²) in [6.45, 7) is 4.35. The van der Waals surface area contributed by atoms with Gasteiger partial charge in [0.2, 0.25) is 0 Å². The zero-order chi connectivity index (χ0) is 8.72. The molecule has 0 saturated heterocycles. The first kappa shape index (κ1) is 8.31. The lowest BCUT2D eigenvalue weighted by atomic mass is 10.0. The molecule has 0 bridgehead atoms. The minimum absolute atomic E-state index is 0.736. The first-order valence-corrected chi connectivity index (χ1v) is 5.31. The normalized spacial score (nSPS) is 27.2. The van der Waals surface area contributed by atoms with Crippen LogP contribution in [0.5, 0.6) is 0 Å². The van der Waals surface area contributed by atoms with Crippen molar-refractivity contribution in [2.24, 2.45) is 0 Å². The van der Waals surface area contributed by atoms with Gasteiger partial charge in [-0.3, -0.25) is 0 Å². The maximum Gasteiger partial charge on any atom is 0.0221 e. The first-order chi connectivity index (χ1) is 5.68. The van der Waals surface area contributed by atoms with Crippen LogP contribution in [-0.2, 0) is 0 Å². The van der Waals surface area contributed by atoms with Crippen molar-refractivity contribution in [3.63, 3.8) is 0 Å². The van der Waals surface area contributed by atoms with E-state index in [9.17, 15) is 0 Å². The van der Waals surface area contributed by atoms with Gasteiger partial charge < -0.3 is 0 Å². The average Bonchev–Trinajstić information content (AvgIpc) is 2.73. The molecule has 2 atom stereocenters. The Bertz CT molecular complexity index is 304. The first-order valence-electron chi connectivity index (χ1n) is 4.39. The van der Waals surface area contributed by atoms with Gasteiger partial charge in [0.25, 0.3) is 0 Å². The molecule has 1 fully saturated rings. The predicted molar refractivity (Wildman–Crippen MR) is 56.0 cm³/mol. The second-order valence-corrected chi connectivity index (χ2v) is 4.88. The summed E-state index contributed by atoms with van der Waals surface area (Å²) in [5.41, 5.74) is 4.31. The van der Waals surface area contributed by atoms with Crippen molar-refractivity contribution in [3.05, 3.63) is 34.9 Å². The Morgan fingerprint density at radius 3 is 2.42 bits per heavy atom. The van der Waals surface area contributed by atoms with E-state index < -0.39 is 0 Å². The molecule has 0 spiro atoms. The summed E-state index contributed by atoms with van der Waals surface area (Å²) < 4.78 is 0. The molecule has 0 aromatic heterocycles. The fraction of sp³-hybridized carbons (Fsp3) is 0.455. The highest BCUT2D eigenvalue weighted by atomic mass is 79.9. The average molecular weight is 225 g/mol. The van der Waals surface area contributed by atoms with Crippen LogP contribution in [0.1, 0.15) is 29.0 Å². The van der Waals surface area contributed by atoms with E-state index in [1.54, 1.807) is 0 Å². The van der Waals surface area contributed by atoms with E-state index in [4.69, 9.17) is 0 Å². The van der Waals surface area contributed by atoms with Gasteiger partial charge in [-0.15, -0.1) is 0 Å². The molecule has 0 heterocycles. The van der Waals surface area contributed by atoms with Crippen LogP contribution in [0.4, 0.5) is 0 Å². The van der Waals surface area contributed by atoms with Crippen LogP contribution in [0, 0.1) is 13.8 Å². The molecular weight excluding hydrogens is 212 g/mol. The van der Waals surface area contributed by atoms with Crippen molar-refractivity contribution >= 4 is 15.9 Å². The van der Waals surface area contributed by atoms with E-state index in [1.165, 1.54) is 23.1 Å². The fourth-order valence-electron chi connectivity index (χ4n) is 1.50. The number of alkyl halides is 1. The summed E-state index contributed by atoms with van der Waals surface area (Å²) in [4.78, 5) is 0.736. The third-order valence-corrected chi connectivity index (χ3v) is 3.68. The van der Waals surface area contributed by atoms with Crippen molar-refractivity contribution < 1.29 is 0 Å². The molecule has 1 aliphatic rings. The molecule has 1 aromatic rings. The second kappa shape index (κ2) is 2.88. The van der Waals surface area contributed by atoms with E-state index in [0.29, 0.717) is 0 Å². The van der Waals surface area contributed by atoms with E-state index in [0.717, 1.165) is 10.7 Å². The van der Waals surface area contributed by atoms with Gasteiger partial charge in [0.1, 0.15) is 0 Å². The summed E-state index contributed by atoms with van der Waals surface area (Å²) in [6, 6.07) is 6.80. The molecule has 2 rings (SSSR count). The van der Waals surface area contributed by atoms with Crippen molar-refractivity contribution in [3.8, 4) is 0 Å². The molecule has 1 saturated carbocycles. The number of hydrogen-bond acceptors (Lipinski definition) is 0. The lowest BCUT2D eigenvalue weighted by Gasteiger charge is -2.03. The zero-order valence-corrected chi connectivity index (χ0v) is 9.06. The van der Waals surface area contributed by atoms with Gasteiger partial charge in [0, 0.05) is 4.83 Å². The SMILES string of the molecule is Cc1ccc(C2CC2Br)cc1C. The molecule has 0 radical (unpaired) electrons. The maximum atomic E-state index is 3.63. The molecule has 1 aliphatic carbocycles. The topological polar surface area (TPSA) is 0 Å². The van der Waals surface area contributed by atoms with Crippen LogP contribution in [0.25, 0.3) is 0 Å². The summed E-state index contributed by atoms with van der Waals surface area (Å²) in [7, 11) is 0. The molecule has 64 valence electrons. The molecule has 0 amide bonds. The third kappa shape index (κ3) is 1.42. The Labute approximate surface area is 82.1 Å². The number of hydrogen-bond donors (Lipinski definition) is 0. The Balaban J connectivity index is 2.29. The van der Waals surface area contributed by atoms with Crippen LogP contribution in [0.2, 0.25) is 0 Å². The van der Waals surface area contributed by atoms with Gasteiger partial charge in [-0.2, -0.15) is 0 Å². The van der Waals surface area contributed by atoms with Gasteiger partial charge >= 0.3 is 0 Å². The van der Waals surface area contributed by atoms with Crippen LogP contribution in [-0.4, -0.2) is 4.83 Å². The van der Waals surface area contributed by atoms with Gasteiger partial charge in [-0.25, -0.2) is 0 Å². The highest BCUT2D eigenvalue weighted by Crippen LogP contribution is 2.46. The number of benzene rings is 1. The third-order valence-electron chi connectivity index (χ3n) is 2.67. The van der Waals surface area contributed by atoms with Crippen LogP contribution >= 0.6 is 15.9 Å². The Hall–Kier alpha value is -0.300. The molecule has 1 aromatic carbocycles. The van der Waals surface area contributed by atoms with Crippen molar-refractivity contribution in [1.29, 1.82) is 0 Å². The maximum absolute atomic E-state index is 3.63. The van der Waals surface area contributed by atoms with Crippen LogP contribution in [0.3, 0.4) is 0 Å². The summed E-state index contributed by atoms with van der Waals surface area (Å²) in [6.07, 6.45) is 1.31. The second-order valence-electron chi connectivity index (χ2n) is 3.70. The highest BCUT2D eigenvalue weighted by molar-refractivity contribution is 9.09. The molecule has 1 heteroatoms. The van der Waals surface area contributed by atoms with E-state index in [2.05, 4.69) is 48.0 Å². The Morgan fingerprint density at radius 2 is 1.92 bits per heavy atom. The minimum Gasteiger partial charge on any atom is -0.0884 e. The predicted octanol–water partition coefficient (Wildman–Crippen LogP) is 3.55. The lowest BCUT2D eigenvalue weighted by Crippen LogP contribution is -1.86. The summed E-state index contributed by atoms with van der Waals surface area (Å²) in [5, 5.41) is 0. The Morgan fingerprint density at radius 1 is 1.25 bits per heavy atom. The Kier molecular flexibility index (Phi) is 1.99. The molecule has 0 aliphatic heterocycles. The quantitative estimate of drug-likeness (QED) is 0.641. The molecule has 0 N–H and O–H groups in total. The number of halogens is 1. The van der Waals surface area contributed by atoms with Crippen molar-refractivity contribution in [2.45, 2.75) is 31.0 Å². The van der Waals surface area contributed by atoms with Crippen molar-refractivity contribution in [1.82, 2.24) is 0 Å². The van der Waals surface area contributed by atoms with Gasteiger partial charge in [0.15, 0.2) is 0 Å². The minimum atomic E-state index is 0.736. The van der Waals surface area contributed by atoms with Gasteiger partial charge in [-0.05, 0) is 42.9 Å². The molecule has 2 unspecified atom stereocenters. The highest BCUT2D eigenvalue weighted by Gasteiger charge is 2.35. The zero-order valence-electron chi connectivity index (χ0n) is 7.47. The van der Waals surface area contributed by atoms with Gasteiger partial charge in [0.05, 0.1) is 0 Å².